The molecule has 0 radical (unpaired) electrons. The van der Waals surface area contributed by atoms with E-state index in [1.54, 1.807) is 0 Å². The molecule has 0 aliphatic rings. The van der Waals surface area contributed by atoms with Gasteiger partial charge in [-0.3, -0.25) is 0 Å². The van der Waals surface area contributed by atoms with Crippen molar-refractivity contribution in [2.24, 2.45) is 0 Å². The largest absolute Gasteiger partial charge is 0.490 e. The van der Waals surface area contributed by atoms with Gasteiger partial charge in [0.2, 0.25) is 0 Å². The zero-order valence-electron chi connectivity index (χ0n) is 10.5. The third-order valence-electron chi connectivity index (χ3n) is 2.30. The number of anilines is 1. The highest BCUT2D eigenvalue weighted by Crippen LogP contribution is 2.17. The van der Waals surface area contributed by atoms with E-state index in [-0.39, 0.29) is 24.7 Å². The van der Waals surface area contributed by atoms with Crippen molar-refractivity contribution in [1.82, 2.24) is 9.97 Å². The van der Waals surface area contributed by atoms with Crippen molar-refractivity contribution in [3.63, 3.8) is 0 Å². The van der Waals surface area contributed by atoms with Crippen LogP contribution in [0.25, 0.3) is 0 Å². The molecular formula is C13H12BrN3O3. The van der Waals surface area contributed by atoms with E-state index in [4.69, 9.17) is 15.2 Å². The Labute approximate surface area is 124 Å². The number of halogens is 1. The summed E-state index contributed by atoms with van der Waals surface area (Å²) < 4.78 is 11.3. The van der Waals surface area contributed by atoms with Crippen molar-refractivity contribution < 1.29 is 14.3 Å². The summed E-state index contributed by atoms with van der Waals surface area (Å²) >= 11 is 3.34. The van der Waals surface area contributed by atoms with Gasteiger partial charge in [0, 0.05) is 16.9 Å². The molecule has 1 heterocycles. The van der Waals surface area contributed by atoms with Gasteiger partial charge in [-0.25, -0.2) is 14.8 Å². The summed E-state index contributed by atoms with van der Waals surface area (Å²) in [7, 11) is 0. The maximum atomic E-state index is 11.7. The van der Waals surface area contributed by atoms with E-state index in [1.807, 2.05) is 24.3 Å². The quantitative estimate of drug-likeness (QED) is 0.663. The van der Waals surface area contributed by atoms with Crippen molar-refractivity contribution in [1.29, 1.82) is 0 Å². The highest BCUT2D eigenvalue weighted by Gasteiger charge is 2.13. The van der Waals surface area contributed by atoms with Gasteiger partial charge in [-0.05, 0) is 18.2 Å². The Kier molecular flexibility index (Phi) is 4.89. The minimum Gasteiger partial charge on any atom is -0.490 e. The molecule has 0 aliphatic carbocycles. The second-order valence-electron chi connectivity index (χ2n) is 3.73. The first kappa shape index (κ1) is 14.3. The molecule has 0 fully saturated rings. The minimum absolute atomic E-state index is 0.00922. The highest BCUT2D eigenvalue weighted by atomic mass is 79.9. The molecule has 2 aromatic rings. The van der Waals surface area contributed by atoms with Crippen LogP contribution >= 0.6 is 15.9 Å². The number of benzene rings is 1. The molecule has 2 N–H and O–H groups in total. The number of rotatable bonds is 5. The summed E-state index contributed by atoms with van der Waals surface area (Å²) in [6.07, 6.45) is 2.79. The summed E-state index contributed by atoms with van der Waals surface area (Å²) in [5.74, 6) is 0.119. The van der Waals surface area contributed by atoms with Gasteiger partial charge in [0.05, 0.1) is 0 Å². The number of nitrogens with two attached hydrogens (primary N) is 1. The zero-order valence-corrected chi connectivity index (χ0v) is 12.0. The van der Waals surface area contributed by atoms with Crippen LogP contribution in [-0.2, 0) is 4.74 Å². The number of carbonyl (C=O) groups excluding carboxylic acids is 1. The highest BCUT2D eigenvalue weighted by molar-refractivity contribution is 9.10. The van der Waals surface area contributed by atoms with E-state index < -0.39 is 5.97 Å². The summed E-state index contributed by atoms with van der Waals surface area (Å²) in [6, 6.07) is 7.38. The van der Waals surface area contributed by atoms with Gasteiger partial charge in [0.1, 0.15) is 19.0 Å². The van der Waals surface area contributed by atoms with Gasteiger partial charge in [-0.15, -0.1) is 0 Å². The fraction of sp³-hybridized carbons (Fsp3) is 0.154. The summed E-state index contributed by atoms with van der Waals surface area (Å²) in [5.41, 5.74) is 5.53. The first-order valence-corrected chi connectivity index (χ1v) is 6.58. The third kappa shape index (κ3) is 3.92. The lowest BCUT2D eigenvalue weighted by Gasteiger charge is -2.07. The SMILES string of the molecule is Nc1nccnc1C(=O)OCCOc1cccc(Br)c1. The van der Waals surface area contributed by atoms with Crippen LogP contribution in [0.3, 0.4) is 0 Å². The Morgan fingerprint density at radius 1 is 1.25 bits per heavy atom. The molecule has 7 heteroatoms. The van der Waals surface area contributed by atoms with Crippen molar-refractivity contribution in [3.05, 3.63) is 46.8 Å². The molecule has 1 aromatic heterocycles. The van der Waals surface area contributed by atoms with Crippen molar-refractivity contribution >= 4 is 27.7 Å². The van der Waals surface area contributed by atoms with E-state index in [0.29, 0.717) is 5.75 Å². The number of esters is 1. The van der Waals surface area contributed by atoms with E-state index >= 15 is 0 Å². The molecule has 0 amide bonds. The van der Waals surface area contributed by atoms with Crippen LogP contribution in [0.1, 0.15) is 10.5 Å². The maximum absolute atomic E-state index is 11.7. The summed E-state index contributed by atoms with van der Waals surface area (Å²) in [6.45, 7) is 0.337. The van der Waals surface area contributed by atoms with Crippen LogP contribution in [0.5, 0.6) is 5.75 Å². The molecule has 1 aromatic carbocycles. The predicted octanol–water partition coefficient (Wildman–Crippen LogP) is 2.06. The Morgan fingerprint density at radius 2 is 2.05 bits per heavy atom. The van der Waals surface area contributed by atoms with Crippen molar-refractivity contribution in [2.45, 2.75) is 0 Å². The maximum Gasteiger partial charge on any atom is 0.360 e. The van der Waals surface area contributed by atoms with Crippen LogP contribution in [0.2, 0.25) is 0 Å². The van der Waals surface area contributed by atoms with Gasteiger partial charge in [-0.2, -0.15) is 0 Å². The zero-order chi connectivity index (χ0) is 14.4. The Morgan fingerprint density at radius 3 is 2.80 bits per heavy atom. The standard InChI is InChI=1S/C13H12BrN3O3/c14-9-2-1-3-10(8-9)19-6-7-20-13(18)11-12(15)17-5-4-16-11/h1-5,8H,6-7H2,(H2,15,17). The van der Waals surface area contributed by atoms with Crippen LogP contribution in [-0.4, -0.2) is 29.2 Å². The lowest BCUT2D eigenvalue weighted by atomic mass is 10.3. The van der Waals surface area contributed by atoms with E-state index in [2.05, 4.69) is 25.9 Å². The second-order valence-corrected chi connectivity index (χ2v) is 4.65. The van der Waals surface area contributed by atoms with E-state index in [9.17, 15) is 4.79 Å². The van der Waals surface area contributed by atoms with Gasteiger partial charge >= 0.3 is 5.97 Å². The summed E-state index contributed by atoms with van der Waals surface area (Å²) in [4.78, 5) is 19.2. The molecule has 20 heavy (non-hydrogen) atoms. The van der Waals surface area contributed by atoms with E-state index in [1.165, 1.54) is 12.4 Å². The van der Waals surface area contributed by atoms with Crippen LogP contribution < -0.4 is 10.5 Å². The molecule has 0 aliphatic heterocycles. The fourth-order valence-corrected chi connectivity index (χ4v) is 1.80. The lowest BCUT2D eigenvalue weighted by Crippen LogP contribution is -2.15. The Balaban J connectivity index is 1.79. The van der Waals surface area contributed by atoms with Gasteiger partial charge in [0.15, 0.2) is 11.5 Å². The minimum atomic E-state index is -0.617. The number of carbonyl (C=O) groups is 1. The normalized spacial score (nSPS) is 10.1. The third-order valence-corrected chi connectivity index (χ3v) is 2.79. The predicted molar refractivity (Wildman–Crippen MR) is 76.4 cm³/mol. The van der Waals surface area contributed by atoms with Crippen LogP contribution in [0.4, 0.5) is 5.82 Å². The number of hydrogen-bond donors (Lipinski definition) is 1. The Hall–Kier alpha value is -2.15. The van der Waals surface area contributed by atoms with E-state index in [0.717, 1.165) is 4.47 Å². The molecular weight excluding hydrogens is 326 g/mol. The van der Waals surface area contributed by atoms with Crippen molar-refractivity contribution in [3.8, 4) is 5.75 Å². The van der Waals surface area contributed by atoms with Gasteiger partial charge < -0.3 is 15.2 Å². The van der Waals surface area contributed by atoms with Gasteiger partial charge in [-0.1, -0.05) is 22.0 Å². The van der Waals surface area contributed by atoms with Crippen LogP contribution in [0.15, 0.2) is 41.1 Å². The molecule has 0 spiro atoms. The molecule has 0 saturated heterocycles. The Bertz CT molecular complexity index is 607. The molecule has 104 valence electrons. The lowest BCUT2D eigenvalue weighted by molar-refractivity contribution is 0.0444. The second kappa shape index (κ2) is 6.85. The molecule has 0 bridgehead atoms. The molecule has 6 nitrogen and oxygen atoms in total. The van der Waals surface area contributed by atoms with Crippen LogP contribution in [0, 0.1) is 0 Å². The first-order chi connectivity index (χ1) is 9.66. The smallest absolute Gasteiger partial charge is 0.360 e. The first-order valence-electron chi connectivity index (χ1n) is 5.79. The van der Waals surface area contributed by atoms with Crippen molar-refractivity contribution in [2.75, 3.05) is 18.9 Å². The monoisotopic (exact) mass is 337 g/mol. The fourth-order valence-electron chi connectivity index (χ4n) is 1.43. The van der Waals surface area contributed by atoms with Gasteiger partial charge in [0.25, 0.3) is 0 Å². The molecule has 0 saturated carbocycles. The summed E-state index contributed by atoms with van der Waals surface area (Å²) in [5, 5.41) is 0. The number of nitrogen functional groups attached to an aromatic ring is 1. The molecule has 0 atom stereocenters. The number of hydrogen-bond acceptors (Lipinski definition) is 6. The number of nitrogens with zero attached hydrogens (tertiary/aromatic N) is 2. The molecule has 0 unspecified atom stereocenters. The average Bonchev–Trinajstić information content (AvgIpc) is 2.44. The molecule has 2 rings (SSSR count). The number of aromatic nitrogens is 2. The average molecular weight is 338 g/mol. The topological polar surface area (TPSA) is 87.3 Å². The number of ether oxygens (including phenoxy) is 2.